The Bertz CT molecular complexity index is 622. The zero-order valence-corrected chi connectivity index (χ0v) is 15.1. The first-order valence-electron chi connectivity index (χ1n) is 9.26. The summed E-state index contributed by atoms with van der Waals surface area (Å²) in [5.41, 5.74) is 2.43. The maximum Gasteiger partial charge on any atom is 0.513 e. The fourth-order valence-electron chi connectivity index (χ4n) is 2.78. The van der Waals surface area contributed by atoms with Crippen LogP contribution < -0.4 is 4.74 Å². The number of hydrogen-bond acceptors (Lipinski definition) is 3. The van der Waals surface area contributed by atoms with Crippen molar-refractivity contribution >= 4 is 6.16 Å². The molecule has 0 atom stereocenters. The molecule has 0 amide bonds. The normalized spacial score (nSPS) is 10.4. The molecule has 25 heavy (non-hydrogen) atoms. The molecular weight excluding hydrogens is 312 g/mol. The molecule has 0 spiro atoms. The highest BCUT2D eigenvalue weighted by molar-refractivity contribution is 5.64. The van der Waals surface area contributed by atoms with E-state index in [0.717, 1.165) is 44.1 Å². The number of aryl methyl sites for hydroxylation is 2. The largest absolute Gasteiger partial charge is 0.513 e. The zero-order valence-electron chi connectivity index (χ0n) is 15.1. The van der Waals surface area contributed by atoms with E-state index in [9.17, 15) is 4.79 Å². The molecule has 2 rings (SSSR count). The number of hydrogen-bond donors (Lipinski definition) is 0. The van der Waals surface area contributed by atoms with Gasteiger partial charge < -0.3 is 9.47 Å². The molecule has 0 aromatic heterocycles. The maximum atomic E-state index is 11.8. The summed E-state index contributed by atoms with van der Waals surface area (Å²) in [4.78, 5) is 11.8. The molecule has 0 saturated heterocycles. The van der Waals surface area contributed by atoms with E-state index in [2.05, 4.69) is 31.2 Å². The van der Waals surface area contributed by atoms with Gasteiger partial charge in [0.1, 0.15) is 5.75 Å². The predicted octanol–water partition coefficient (Wildman–Crippen LogP) is 5.96. The third kappa shape index (κ3) is 7.42. The van der Waals surface area contributed by atoms with Crippen LogP contribution in [0.3, 0.4) is 0 Å². The van der Waals surface area contributed by atoms with E-state index in [4.69, 9.17) is 9.47 Å². The molecule has 0 aliphatic carbocycles. The van der Waals surface area contributed by atoms with E-state index in [1.807, 2.05) is 30.3 Å². The Morgan fingerprint density at radius 1 is 0.840 bits per heavy atom. The van der Waals surface area contributed by atoms with Gasteiger partial charge in [-0.25, -0.2) is 4.79 Å². The Hall–Kier alpha value is -2.29. The van der Waals surface area contributed by atoms with Gasteiger partial charge in [-0.1, -0.05) is 74.7 Å². The van der Waals surface area contributed by atoms with Crippen molar-refractivity contribution in [2.75, 3.05) is 6.61 Å². The van der Waals surface area contributed by atoms with E-state index < -0.39 is 6.16 Å². The number of rotatable bonds is 10. The Morgan fingerprint density at radius 2 is 1.56 bits per heavy atom. The van der Waals surface area contributed by atoms with Gasteiger partial charge in [0.25, 0.3) is 0 Å². The first-order chi connectivity index (χ1) is 12.3. The Balaban J connectivity index is 1.57. The van der Waals surface area contributed by atoms with Crippen molar-refractivity contribution in [1.29, 1.82) is 0 Å². The molecule has 0 heterocycles. The molecule has 0 aliphatic heterocycles. The van der Waals surface area contributed by atoms with E-state index in [0.29, 0.717) is 12.4 Å². The number of unbranched alkanes of at least 4 members (excludes halogenated alkanes) is 3. The van der Waals surface area contributed by atoms with Crippen LogP contribution in [-0.4, -0.2) is 12.8 Å². The van der Waals surface area contributed by atoms with E-state index >= 15 is 0 Å². The molecule has 0 N–H and O–H groups in total. The molecule has 0 radical (unpaired) electrons. The molecule has 0 unspecified atom stereocenters. The van der Waals surface area contributed by atoms with Crippen LogP contribution >= 0.6 is 0 Å². The van der Waals surface area contributed by atoms with Crippen molar-refractivity contribution in [3.8, 4) is 5.75 Å². The summed E-state index contributed by atoms with van der Waals surface area (Å²) in [6.07, 6.45) is 6.66. The Morgan fingerprint density at radius 3 is 2.36 bits per heavy atom. The topological polar surface area (TPSA) is 35.5 Å². The van der Waals surface area contributed by atoms with Gasteiger partial charge in [0.15, 0.2) is 0 Å². The lowest BCUT2D eigenvalue weighted by molar-refractivity contribution is 0.0969. The number of ether oxygens (including phenoxy) is 2. The van der Waals surface area contributed by atoms with Gasteiger partial charge in [0, 0.05) is 0 Å². The summed E-state index contributed by atoms with van der Waals surface area (Å²) in [5, 5.41) is 0. The molecule has 3 nitrogen and oxygen atoms in total. The highest BCUT2D eigenvalue weighted by atomic mass is 16.7. The van der Waals surface area contributed by atoms with Gasteiger partial charge in [0.2, 0.25) is 0 Å². The average molecular weight is 340 g/mol. The highest BCUT2D eigenvalue weighted by Crippen LogP contribution is 2.20. The van der Waals surface area contributed by atoms with Crippen LogP contribution in [0.25, 0.3) is 0 Å². The first-order valence-corrected chi connectivity index (χ1v) is 9.26. The van der Waals surface area contributed by atoms with Gasteiger partial charge in [-0.3, -0.25) is 0 Å². The molecule has 134 valence electrons. The first kappa shape index (κ1) is 19.0. The van der Waals surface area contributed by atoms with Crippen LogP contribution in [0.2, 0.25) is 0 Å². The summed E-state index contributed by atoms with van der Waals surface area (Å²) in [7, 11) is 0. The van der Waals surface area contributed by atoms with Crippen LogP contribution in [0, 0.1) is 0 Å². The number of para-hydroxylation sites is 1. The van der Waals surface area contributed by atoms with Crippen molar-refractivity contribution in [2.45, 2.75) is 51.9 Å². The lowest BCUT2D eigenvalue weighted by Gasteiger charge is -2.09. The predicted molar refractivity (Wildman–Crippen MR) is 101 cm³/mol. The standard InChI is InChI=1S/C22H28O3/c1-2-12-20-16-9-10-17-21(20)25-22(23)24-18-11-4-3-6-13-19-14-7-5-8-15-19/h5,7-10,14-17H,2-4,6,11-13,18H2,1H3. The molecular formula is C22H28O3. The summed E-state index contributed by atoms with van der Waals surface area (Å²) < 4.78 is 10.5. The number of carbonyl (C=O) groups excluding carboxylic acids is 1. The second-order valence-electron chi connectivity index (χ2n) is 6.21. The minimum absolute atomic E-state index is 0.417. The van der Waals surface area contributed by atoms with Gasteiger partial charge in [0.05, 0.1) is 6.61 Å². The average Bonchev–Trinajstić information content (AvgIpc) is 2.63. The third-order valence-electron chi connectivity index (χ3n) is 4.11. The van der Waals surface area contributed by atoms with Crippen LogP contribution in [-0.2, 0) is 17.6 Å². The zero-order chi connectivity index (χ0) is 17.7. The lowest BCUT2D eigenvalue weighted by Crippen LogP contribution is -2.12. The molecule has 0 aliphatic rings. The van der Waals surface area contributed by atoms with E-state index in [-0.39, 0.29) is 0 Å². The molecule has 0 fully saturated rings. The fourth-order valence-corrected chi connectivity index (χ4v) is 2.78. The van der Waals surface area contributed by atoms with Crippen molar-refractivity contribution in [1.82, 2.24) is 0 Å². The Labute approximate surface area is 151 Å². The lowest BCUT2D eigenvalue weighted by atomic mass is 10.1. The van der Waals surface area contributed by atoms with Gasteiger partial charge in [-0.15, -0.1) is 0 Å². The summed E-state index contributed by atoms with van der Waals surface area (Å²) in [6.45, 7) is 2.52. The minimum atomic E-state index is -0.604. The summed E-state index contributed by atoms with van der Waals surface area (Å²) in [6, 6.07) is 18.1. The van der Waals surface area contributed by atoms with Crippen LogP contribution in [0.15, 0.2) is 54.6 Å². The SMILES string of the molecule is CCCc1ccccc1OC(=O)OCCCCCCc1ccccc1. The van der Waals surface area contributed by atoms with Crippen molar-refractivity contribution in [2.24, 2.45) is 0 Å². The molecule has 0 saturated carbocycles. The molecule has 2 aromatic carbocycles. The number of carbonyl (C=O) groups is 1. The van der Waals surface area contributed by atoms with Gasteiger partial charge >= 0.3 is 6.16 Å². The smallest absolute Gasteiger partial charge is 0.434 e. The quantitative estimate of drug-likeness (QED) is 0.304. The van der Waals surface area contributed by atoms with E-state index in [1.165, 1.54) is 12.0 Å². The highest BCUT2D eigenvalue weighted by Gasteiger charge is 2.09. The van der Waals surface area contributed by atoms with Gasteiger partial charge in [-0.2, -0.15) is 0 Å². The Kier molecular flexibility index (Phi) is 8.60. The van der Waals surface area contributed by atoms with Crippen LogP contribution in [0.5, 0.6) is 5.75 Å². The summed E-state index contributed by atoms with van der Waals surface area (Å²) in [5.74, 6) is 0.609. The second-order valence-corrected chi connectivity index (χ2v) is 6.21. The fraction of sp³-hybridized carbons (Fsp3) is 0.409. The van der Waals surface area contributed by atoms with E-state index in [1.54, 1.807) is 0 Å². The maximum absolute atomic E-state index is 11.8. The minimum Gasteiger partial charge on any atom is -0.434 e. The van der Waals surface area contributed by atoms with Crippen LogP contribution in [0.1, 0.15) is 50.2 Å². The van der Waals surface area contributed by atoms with Crippen LogP contribution in [0.4, 0.5) is 4.79 Å². The van der Waals surface area contributed by atoms with Crippen molar-refractivity contribution in [3.63, 3.8) is 0 Å². The number of benzene rings is 2. The molecule has 0 bridgehead atoms. The van der Waals surface area contributed by atoms with Gasteiger partial charge in [-0.05, 0) is 42.9 Å². The van der Waals surface area contributed by atoms with Crippen molar-refractivity contribution in [3.05, 3.63) is 65.7 Å². The monoisotopic (exact) mass is 340 g/mol. The molecule has 3 heteroatoms. The molecule has 2 aromatic rings. The van der Waals surface area contributed by atoms with Crippen molar-refractivity contribution < 1.29 is 14.3 Å². The summed E-state index contributed by atoms with van der Waals surface area (Å²) >= 11 is 0. The third-order valence-corrected chi connectivity index (χ3v) is 4.11. The second kappa shape index (κ2) is 11.3.